The summed E-state index contributed by atoms with van der Waals surface area (Å²) in [4.78, 5) is 24.4. The second-order valence-electron chi connectivity index (χ2n) is 14.6. The molecule has 0 unspecified atom stereocenters. The molecule has 0 N–H and O–H groups in total. The van der Waals surface area contributed by atoms with Crippen LogP contribution < -0.4 is 0 Å². The average molecular weight is 740 g/mol. The number of hydrogen-bond acceptors (Lipinski definition) is 5. The van der Waals surface area contributed by atoms with E-state index in [4.69, 9.17) is 15.0 Å². The normalized spacial score (nSPS) is 11.4. The fourth-order valence-electron chi connectivity index (χ4n) is 8.26. The Kier molecular flexibility index (Phi) is 8.07. The van der Waals surface area contributed by atoms with Gasteiger partial charge < -0.3 is 0 Å². The third-order valence-electron chi connectivity index (χ3n) is 11.1. The molecule has 0 amide bonds. The number of nitrogens with zero attached hydrogens (tertiary/aromatic N) is 5. The maximum Gasteiger partial charge on any atom is 0.164 e. The van der Waals surface area contributed by atoms with Crippen molar-refractivity contribution >= 4 is 43.1 Å². The molecular weight excluding hydrogens is 707 g/mol. The van der Waals surface area contributed by atoms with E-state index < -0.39 is 0 Å². The predicted octanol–water partition coefficient (Wildman–Crippen LogP) is 13.3. The van der Waals surface area contributed by atoms with Gasteiger partial charge in [-0.25, -0.2) is 24.9 Å². The third-order valence-corrected chi connectivity index (χ3v) is 11.1. The van der Waals surface area contributed by atoms with Crippen molar-refractivity contribution in [3.05, 3.63) is 201 Å². The van der Waals surface area contributed by atoms with Gasteiger partial charge in [0.25, 0.3) is 0 Å². The summed E-state index contributed by atoms with van der Waals surface area (Å²) in [6, 6.07) is 64.4. The molecule has 0 saturated heterocycles. The average Bonchev–Trinajstić information content (AvgIpc) is 3.31. The molecule has 0 aliphatic carbocycles. The van der Waals surface area contributed by atoms with Crippen molar-refractivity contribution in [1.29, 1.82) is 0 Å². The molecule has 0 bridgehead atoms. The Balaban J connectivity index is 1.18. The monoisotopic (exact) mass is 739 g/mol. The van der Waals surface area contributed by atoms with Gasteiger partial charge in [0, 0.05) is 34.6 Å². The molecule has 5 nitrogen and oxygen atoms in total. The Morgan fingerprint density at radius 1 is 0.259 bits per heavy atom. The number of benzene rings is 9. The lowest BCUT2D eigenvalue weighted by molar-refractivity contribution is 1.08. The summed E-state index contributed by atoms with van der Waals surface area (Å²) >= 11 is 0. The highest BCUT2D eigenvalue weighted by atomic mass is 15.0. The fourth-order valence-corrected chi connectivity index (χ4v) is 8.26. The van der Waals surface area contributed by atoms with E-state index in [1.807, 2.05) is 12.4 Å². The minimum Gasteiger partial charge on any atom is -0.244 e. The van der Waals surface area contributed by atoms with Crippen LogP contribution in [0.25, 0.3) is 111 Å². The molecule has 0 radical (unpaired) electrons. The van der Waals surface area contributed by atoms with Gasteiger partial charge in [0.05, 0.1) is 0 Å². The third kappa shape index (κ3) is 5.94. The summed E-state index contributed by atoms with van der Waals surface area (Å²) < 4.78 is 0. The number of aromatic nitrogens is 5. The van der Waals surface area contributed by atoms with Crippen LogP contribution in [0.2, 0.25) is 0 Å². The van der Waals surface area contributed by atoms with Crippen molar-refractivity contribution in [1.82, 2.24) is 24.9 Å². The van der Waals surface area contributed by atoms with Crippen LogP contribution in [-0.4, -0.2) is 24.9 Å². The molecule has 270 valence electrons. The van der Waals surface area contributed by atoms with Gasteiger partial charge in [-0.2, -0.15) is 0 Å². The zero-order valence-corrected chi connectivity index (χ0v) is 31.3. The quantitative estimate of drug-likeness (QED) is 0.159. The SMILES string of the molecule is c1ccc2c(-c3nc(-c4cc(-c5ccc(-c6cncnc6)cc5)cc(-c5cc6ccccc6c6ccccc56)c4)nc(-c4cccc5ccccc45)n3)cccc2c1. The van der Waals surface area contributed by atoms with Crippen LogP contribution in [-0.2, 0) is 0 Å². The van der Waals surface area contributed by atoms with Crippen LogP contribution in [0.5, 0.6) is 0 Å². The minimum atomic E-state index is 0.604. The highest BCUT2D eigenvalue weighted by molar-refractivity contribution is 6.14. The molecule has 0 fully saturated rings. The lowest BCUT2D eigenvalue weighted by Gasteiger charge is -2.16. The van der Waals surface area contributed by atoms with E-state index in [0.29, 0.717) is 17.5 Å². The largest absolute Gasteiger partial charge is 0.244 e. The predicted molar refractivity (Wildman–Crippen MR) is 238 cm³/mol. The van der Waals surface area contributed by atoms with Crippen LogP contribution in [0, 0.1) is 0 Å². The lowest BCUT2D eigenvalue weighted by atomic mass is 9.90. The Hall–Kier alpha value is -7.89. The van der Waals surface area contributed by atoms with E-state index in [1.165, 1.54) is 21.5 Å². The van der Waals surface area contributed by atoms with Crippen LogP contribution in [0.15, 0.2) is 201 Å². The van der Waals surface area contributed by atoms with Crippen molar-refractivity contribution in [2.24, 2.45) is 0 Å². The zero-order valence-electron chi connectivity index (χ0n) is 31.3. The van der Waals surface area contributed by atoms with Gasteiger partial charge in [-0.3, -0.25) is 0 Å². The van der Waals surface area contributed by atoms with Crippen LogP contribution in [0.4, 0.5) is 0 Å². The van der Waals surface area contributed by atoms with Crippen molar-refractivity contribution in [2.75, 3.05) is 0 Å². The standard InChI is InChI=1S/C53H33N5/c1-4-16-43-36(11-1)14-9-21-48(43)52-56-51(57-53(58-52)49-22-10-15-37-12-2-5-17-44(37)49)41-28-39(34-23-25-35(26-24-34)42-31-54-33-55-32-42)27-40(29-41)50-30-38-13-3-6-18-45(38)46-19-7-8-20-47(46)50/h1-33H. The van der Waals surface area contributed by atoms with Crippen molar-refractivity contribution in [3.8, 4) is 67.5 Å². The molecule has 0 aliphatic rings. The second-order valence-corrected chi connectivity index (χ2v) is 14.6. The Labute approximate surface area is 335 Å². The molecule has 0 saturated carbocycles. The minimum absolute atomic E-state index is 0.604. The molecule has 9 aromatic carbocycles. The van der Waals surface area contributed by atoms with Gasteiger partial charge in [0.15, 0.2) is 17.5 Å². The van der Waals surface area contributed by atoms with Crippen molar-refractivity contribution < 1.29 is 0 Å². The summed E-state index contributed by atoms with van der Waals surface area (Å²) in [7, 11) is 0. The number of hydrogen-bond donors (Lipinski definition) is 0. The van der Waals surface area contributed by atoms with Gasteiger partial charge in [-0.05, 0) is 95.2 Å². The van der Waals surface area contributed by atoms with E-state index in [-0.39, 0.29) is 0 Å². The second kappa shape index (κ2) is 14.0. The van der Waals surface area contributed by atoms with Crippen molar-refractivity contribution in [2.45, 2.75) is 0 Å². The van der Waals surface area contributed by atoms with Crippen LogP contribution in [0.1, 0.15) is 0 Å². The molecule has 2 heterocycles. The first kappa shape index (κ1) is 33.4. The molecule has 0 aliphatic heterocycles. The smallest absolute Gasteiger partial charge is 0.164 e. The Morgan fingerprint density at radius 2 is 0.724 bits per heavy atom. The maximum absolute atomic E-state index is 5.33. The Bertz CT molecular complexity index is 3230. The van der Waals surface area contributed by atoms with Crippen molar-refractivity contribution in [3.63, 3.8) is 0 Å². The molecule has 58 heavy (non-hydrogen) atoms. The Morgan fingerprint density at radius 3 is 1.36 bits per heavy atom. The molecular formula is C53H33N5. The zero-order chi connectivity index (χ0) is 38.4. The number of fused-ring (bicyclic) bond motifs is 5. The van der Waals surface area contributed by atoms with Gasteiger partial charge >= 0.3 is 0 Å². The number of rotatable bonds is 6. The molecule has 11 rings (SSSR count). The van der Waals surface area contributed by atoms with E-state index in [2.05, 4.69) is 192 Å². The molecule has 2 aromatic heterocycles. The summed E-state index contributed by atoms with van der Waals surface area (Å²) in [5, 5.41) is 9.27. The first-order chi connectivity index (χ1) is 28.7. The maximum atomic E-state index is 5.33. The van der Waals surface area contributed by atoms with Crippen LogP contribution in [0.3, 0.4) is 0 Å². The first-order valence-corrected chi connectivity index (χ1v) is 19.4. The topological polar surface area (TPSA) is 64.5 Å². The van der Waals surface area contributed by atoms with E-state index in [9.17, 15) is 0 Å². The summed E-state index contributed by atoms with van der Waals surface area (Å²) in [6.45, 7) is 0. The van der Waals surface area contributed by atoms with E-state index in [1.54, 1.807) is 6.33 Å². The first-order valence-electron chi connectivity index (χ1n) is 19.4. The van der Waals surface area contributed by atoms with E-state index in [0.717, 1.165) is 71.6 Å². The lowest BCUT2D eigenvalue weighted by Crippen LogP contribution is -2.01. The summed E-state index contributed by atoms with van der Waals surface area (Å²) in [6.07, 6.45) is 5.24. The van der Waals surface area contributed by atoms with Gasteiger partial charge in [0.1, 0.15) is 6.33 Å². The fraction of sp³-hybridized carbons (Fsp3) is 0. The van der Waals surface area contributed by atoms with Gasteiger partial charge in [-0.1, -0.05) is 158 Å². The highest BCUT2D eigenvalue weighted by Gasteiger charge is 2.18. The van der Waals surface area contributed by atoms with E-state index >= 15 is 0 Å². The van der Waals surface area contributed by atoms with Gasteiger partial charge in [-0.15, -0.1) is 0 Å². The summed E-state index contributed by atoms with van der Waals surface area (Å²) in [5.41, 5.74) is 9.20. The molecule has 0 atom stereocenters. The highest BCUT2D eigenvalue weighted by Crippen LogP contribution is 2.40. The molecule has 5 heteroatoms. The summed E-state index contributed by atoms with van der Waals surface area (Å²) in [5.74, 6) is 1.86. The van der Waals surface area contributed by atoms with Crippen LogP contribution >= 0.6 is 0 Å². The van der Waals surface area contributed by atoms with Gasteiger partial charge in [0.2, 0.25) is 0 Å². The molecule has 0 spiro atoms. The molecule has 11 aromatic rings.